The molecular formula is C11H12N2O. The van der Waals surface area contributed by atoms with Gasteiger partial charge in [-0.1, -0.05) is 24.3 Å². The van der Waals surface area contributed by atoms with Crippen molar-refractivity contribution in [2.75, 3.05) is 0 Å². The van der Waals surface area contributed by atoms with E-state index in [4.69, 9.17) is 5.73 Å². The van der Waals surface area contributed by atoms with Crippen molar-refractivity contribution in [3.63, 3.8) is 0 Å². The van der Waals surface area contributed by atoms with Crippen LogP contribution in [0.3, 0.4) is 0 Å². The van der Waals surface area contributed by atoms with Crippen molar-refractivity contribution in [3.05, 3.63) is 35.4 Å². The number of nitrogens with two attached hydrogens (primary N) is 1. The third-order valence-corrected chi connectivity index (χ3v) is 3.19. The molecule has 1 aromatic rings. The van der Waals surface area contributed by atoms with Crippen LogP contribution in [-0.2, 0) is 11.3 Å². The summed E-state index contributed by atoms with van der Waals surface area (Å²) in [6, 6.07) is 8.30. The number of carbonyl (C=O) groups is 1. The summed E-state index contributed by atoms with van der Waals surface area (Å²) in [7, 11) is 0. The monoisotopic (exact) mass is 188 g/mol. The van der Waals surface area contributed by atoms with Crippen LogP contribution >= 0.6 is 0 Å². The van der Waals surface area contributed by atoms with E-state index in [2.05, 4.69) is 12.1 Å². The molecule has 0 spiro atoms. The molecule has 2 aliphatic heterocycles. The second-order valence-electron chi connectivity index (χ2n) is 4.03. The van der Waals surface area contributed by atoms with Crippen molar-refractivity contribution in [2.24, 2.45) is 5.73 Å². The second-order valence-corrected chi connectivity index (χ2v) is 4.03. The van der Waals surface area contributed by atoms with Crippen LogP contribution in [0.5, 0.6) is 0 Å². The number of amides is 1. The summed E-state index contributed by atoms with van der Waals surface area (Å²) in [5.41, 5.74) is 8.46. The van der Waals surface area contributed by atoms with Gasteiger partial charge >= 0.3 is 0 Å². The Hall–Kier alpha value is -1.35. The molecule has 3 nitrogen and oxygen atoms in total. The van der Waals surface area contributed by atoms with Crippen molar-refractivity contribution in [1.82, 2.24) is 4.90 Å². The van der Waals surface area contributed by atoms with Gasteiger partial charge in [0.15, 0.2) is 0 Å². The normalized spacial score (nSPS) is 29.2. The molecular weight excluding hydrogens is 176 g/mol. The number of fused-ring (bicyclic) bond motifs is 3. The average Bonchev–Trinajstić information content (AvgIpc) is 2.66. The molecule has 72 valence electrons. The van der Waals surface area contributed by atoms with E-state index in [1.807, 2.05) is 17.0 Å². The fourth-order valence-electron chi connectivity index (χ4n) is 2.55. The highest BCUT2D eigenvalue weighted by molar-refractivity contribution is 5.81. The summed E-state index contributed by atoms with van der Waals surface area (Å²) in [5, 5.41) is 0. The van der Waals surface area contributed by atoms with Gasteiger partial charge in [-0.25, -0.2) is 0 Å². The number of rotatable bonds is 0. The maximum absolute atomic E-state index is 11.6. The van der Waals surface area contributed by atoms with E-state index in [0.29, 0.717) is 6.42 Å². The minimum Gasteiger partial charge on any atom is -0.330 e. The Balaban J connectivity index is 2.11. The summed E-state index contributed by atoms with van der Waals surface area (Å²) in [4.78, 5) is 13.5. The Bertz CT molecular complexity index is 402. The SMILES string of the molecule is NC1CC(=O)N2Cc3ccccc3C12. The Labute approximate surface area is 82.5 Å². The minimum atomic E-state index is -0.0221. The van der Waals surface area contributed by atoms with Gasteiger partial charge in [0.05, 0.1) is 6.04 Å². The number of hydrogen-bond donors (Lipinski definition) is 1. The van der Waals surface area contributed by atoms with Gasteiger partial charge in [0.1, 0.15) is 0 Å². The molecule has 2 atom stereocenters. The molecule has 3 heteroatoms. The van der Waals surface area contributed by atoms with Crippen molar-refractivity contribution in [1.29, 1.82) is 0 Å². The van der Waals surface area contributed by atoms with Gasteiger partial charge < -0.3 is 10.6 Å². The molecule has 2 heterocycles. The van der Waals surface area contributed by atoms with Gasteiger partial charge in [-0.3, -0.25) is 4.79 Å². The van der Waals surface area contributed by atoms with E-state index in [1.54, 1.807) is 0 Å². The predicted octanol–water partition coefficient (Wildman–Crippen LogP) is 0.801. The van der Waals surface area contributed by atoms with Gasteiger partial charge in [-0.05, 0) is 11.1 Å². The summed E-state index contributed by atoms with van der Waals surface area (Å²) in [6.07, 6.45) is 0.499. The van der Waals surface area contributed by atoms with Crippen molar-refractivity contribution in [3.8, 4) is 0 Å². The smallest absolute Gasteiger partial charge is 0.225 e. The molecule has 2 unspecified atom stereocenters. The predicted molar refractivity (Wildman–Crippen MR) is 52.3 cm³/mol. The van der Waals surface area contributed by atoms with E-state index in [9.17, 15) is 4.79 Å². The maximum atomic E-state index is 11.6. The van der Waals surface area contributed by atoms with E-state index < -0.39 is 0 Å². The fraction of sp³-hybridized carbons (Fsp3) is 0.364. The van der Waals surface area contributed by atoms with Crippen LogP contribution in [0.15, 0.2) is 24.3 Å². The Kier molecular flexibility index (Phi) is 1.47. The Morgan fingerprint density at radius 2 is 2.14 bits per heavy atom. The third-order valence-electron chi connectivity index (χ3n) is 3.19. The Morgan fingerprint density at radius 1 is 1.36 bits per heavy atom. The first-order valence-corrected chi connectivity index (χ1v) is 4.90. The fourth-order valence-corrected chi connectivity index (χ4v) is 2.55. The number of hydrogen-bond acceptors (Lipinski definition) is 2. The lowest BCUT2D eigenvalue weighted by atomic mass is 10.00. The van der Waals surface area contributed by atoms with Gasteiger partial charge in [0, 0.05) is 19.0 Å². The molecule has 0 aromatic heterocycles. The van der Waals surface area contributed by atoms with Crippen LogP contribution in [0, 0.1) is 0 Å². The van der Waals surface area contributed by atoms with Crippen molar-refractivity contribution < 1.29 is 4.79 Å². The number of carbonyl (C=O) groups excluding carboxylic acids is 1. The first-order chi connectivity index (χ1) is 6.77. The maximum Gasteiger partial charge on any atom is 0.225 e. The minimum absolute atomic E-state index is 0.0221. The van der Waals surface area contributed by atoms with Crippen molar-refractivity contribution in [2.45, 2.75) is 25.0 Å². The van der Waals surface area contributed by atoms with Gasteiger partial charge in [0.2, 0.25) is 5.91 Å². The molecule has 0 saturated carbocycles. The largest absolute Gasteiger partial charge is 0.330 e. The van der Waals surface area contributed by atoms with Crippen LogP contribution in [0.1, 0.15) is 23.6 Å². The van der Waals surface area contributed by atoms with Gasteiger partial charge in [0.25, 0.3) is 0 Å². The van der Waals surface area contributed by atoms with Gasteiger partial charge in [-0.2, -0.15) is 0 Å². The zero-order valence-electron chi connectivity index (χ0n) is 7.81. The molecule has 1 saturated heterocycles. The molecule has 0 aliphatic carbocycles. The van der Waals surface area contributed by atoms with E-state index in [1.165, 1.54) is 11.1 Å². The quantitative estimate of drug-likeness (QED) is 0.654. The highest BCUT2D eigenvalue weighted by atomic mass is 16.2. The zero-order chi connectivity index (χ0) is 9.71. The zero-order valence-corrected chi connectivity index (χ0v) is 7.81. The van der Waals surface area contributed by atoms with E-state index >= 15 is 0 Å². The molecule has 3 rings (SSSR count). The van der Waals surface area contributed by atoms with Crippen LogP contribution in [-0.4, -0.2) is 16.8 Å². The standard InChI is InChI=1S/C11H12N2O/c12-9-5-10(14)13-6-7-3-1-2-4-8(7)11(9)13/h1-4,9,11H,5-6,12H2. The lowest BCUT2D eigenvalue weighted by molar-refractivity contribution is -0.129. The number of benzene rings is 1. The molecule has 1 amide bonds. The first-order valence-electron chi connectivity index (χ1n) is 4.90. The Morgan fingerprint density at radius 3 is 3.00 bits per heavy atom. The van der Waals surface area contributed by atoms with Crippen LogP contribution in [0.25, 0.3) is 0 Å². The average molecular weight is 188 g/mol. The highest BCUT2D eigenvalue weighted by Gasteiger charge is 2.43. The lowest BCUT2D eigenvalue weighted by Gasteiger charge is -2.17. The van der Waals surface area contributed by atoms with E-state index in [-0.39, 0.29) is 18.0 Å². The summed E-state index contributed by atoms with van der Waals surface area (Å²) in [5.74, 6) is 0.193. The number of nitrogens with zero attached hydrogens (tertiary/aromatic N) is 1. The van der Waals surface area contributed by atoms with E-state index in [0.717, 1.165) is 6.54 Å². The summed E-state index contributed by atoms with van der Waals surface area (Å²) < 4.78 is 0. The summed E-state index contributed by atoms with van der Waals surface area (Å²) in [6.45, 7) is 0.743. The first kappa shape index (κ1) is 8.00. The van der Waals surface area contributed by atoms with Gasteiger partial charge in [-0.15, -0.1) is 0 Å². The topological polar surface area (TPSA) is 46.3 Å². The highest BCUT2D eigenvalue weighted by Crippen LogP contribution is 2.40. The molecule has 1 aromatic carbocycles. The second kappa shape index (κ2) is 2.58. The molecule has 2 N–H and O–H groups in total. The van der Waals surface area contributed by atoms with Crippen molar-refractivity contribution >= 4 is 5.91 Å². The summed E-state index contributed by atoms with van der Waals surface area (Å²) >= 11 is 0. The molecule has 1 fully saturated rings. The third kappa shape index (κ3) is 0.876. The lowest BCUT2D eigenvalue weighted by Crippen LogP contribution is -2.27. The molecule has 2 aliphatic rings. The van der Waals surface area contributed by atoms with Crippen LogP contribution in [0.2, 0.25) is 0 Å². The molecule has 14 heavy (non-hydrogen) atoms. The molecule has 0 bridgehead atoms. The van der Waals surface area contributed by atoms with Crippen LogP contribution < -0.4 is 5.73 Å². The molecule has 0 radical (unpaired) electrons. The van der Waals surface area contributed by atoms with Crippen LogP contribution in [0.4, 0.5) is 0 Å².